The maximum absolute atomic E-state index is 13.0. The topological polar surface area (TPSA) is 132 Å². The van der Waals surface area contributed by atoms with Crippen molar-refractivity contribution in [2.24, 2.45) is 0 Å². The van der Waals surface area contributed by atoms with Crippen molar-refractivity contribution in [1.29, 1.82) is 0 Å². The average molecular weight is 755 g/mol. The summed E-state index contributed by atoms with van der Waals surface area (Å²) >= 11 is 0. The van der Waals surface area contributed by atoms with Gasteiger partial charge in [0.05, 0.1) is 13.7 Å². The maximum Gasteiger partial charge on any atom is 0.347 e. The summed E-state index contributed by atoms with van der Waals surface area (Å²) in [7, 11) is 1.64. The van der Waals surface area contributed by atoms with Gasteiger partial charge in [0.1, 0.15) is 17.5 Å². The molecule has 2 heterocycles. The SMILES string of the molecule is CCCN1C(=O)NC(CCCc2ccc(OC)cc2)C1=O.CCCn1cc(CCCc2ccc(OC(C)(C)C(=O)O)cc2)n(Cc2ccc(C)c(C)c2)c1=O. The summed E-state index contributed by atoms with van der Waals surface area (Å²) in [4.78, 5) is 49.3. The quantitative estimate of drug-likeness (QED) is 0.101. The molecule has 0 saturated carbocycles. The van der Waals surface area contributed by atoms with E-state index >= 15 is 0 Å². The van der Waals surface area contributed by atoms with Crippen LogP contribution in [-0.4, -0.2) is 62.3 Å². The van der Waals surface area contributed by atoms with Gasteiger partial charge < -0.3 is 19.9 Å². The molecule has 1 aromatic heterocycles. The zero-order chi connectivity index (χ0) is 40.1. The van der Waals surface area contributed by atoms with Gasteiger partial charge in [-0.2, -0.15) is 0 Å². The third-order valence-corrected chi connectivity index (χ3v) is 9.89. The molecule has 0 aliphatic carbocycles. The van der Waals surface area contributed by atoms with Gasteiger partial charge in [-0.25, -0.2) is 14.4 Å². The molecule has 1 atom stereocenters. The van der Waals surface area contributed by atoms with Crippen molar-refractivity contribution in [3.05, 3.63) is 117 Å². The Morgan fingerprint density at radius 3 is 1.98 bits per heavy atom. The van der Waals surface area contributed by atoms with E-state index in [0.717, 1.165) is 74.1 Å². The number of rotatable bonds is 18. The number of aromatic nitrogens is 2. The number of carboxylic acid groups (broad SMARTS) is 1. The molecule has 0 radical (unpaired) electrons. The van der Waals surface area contributed by atoms with Gasteiger partial charge in [-0.1, -0.05) is 56.3 Å². The van der Waals surface area contributed by atoms with Gasteiger partial charge in [0.25, 0.3) is 5.91 Å². The van der Waals surface area contributed by atoms with Crippen molar-refractivity contribution in [1.82, 2.24) is 19.4 Å². The number of nitrogens with one attached hydrogen (secondary N) is 1. The molecule has 5 rings (SSSR count). The standard InChI is InChI=1S/C28H36N2O4.C16H22N2O3/c1-6-16-29-19-24(30(27(29)33)18-23-11-10-20(2)21(3)17-23)9-7-8-22-12-14-25(15-13-22)34-28(4,5)26(31)32;1-3-11-18-15(19)14(17-16(18)20)6-4-5-12-7-9-13(21-2)10-8-12/h10-15,17,19H,6-9,16,18H2,1-5H3,(H,31,32);7-10,14H,3-6,11H2,1-2H3,(H,17,20). The number of amides is 3. The number of aryl methyl sites for hydroxylation is 6. The number of nitrogens with zero attached hydrogens (tertiary/aromatic N) is 3. The molecule has 3 amide bonds. The number of benzene rings is 3. The van der Waals surface area contributed by atoms with Gasteiger partial charge in [0.15, 0.2) is 5.60 Å². The first kappa shape index (κ1) is 42.4. The second-order valence-electron chi connectivity index (χ2n) is 14.7. The number of ether oxygens (including phenoxy) is 2. The number of hydrogen-bond acceptors (Lipinski definition) is 6. The molecule has 296 valence electrons. The molecule has 3 aromatic carbocycles. The molecule has 1 fully saturated rings. The van der Waals surface area contributed by atoms with Crippen LogP contribution in [0.25, 0.3) is 0 Å². The lowest BCUT2D eigenvalue weighted by atomic mass is 10.0. The van der Waals surface area contributed by atoms with Crippen LogP contribution in [-0.2, 0) is 41.9 Å². The number of hydrogen-bond donors (Lipinski definition) is 2. The highest BCUT2D eigenvalue weighted by Crippen LogP contribution is 2.21. The van der Waals surface area contributed by atoms with Crippen LogP contribution in [0.1, 0.15) is 93.3 Å². The van der Waals surface area contributed by atoms with Crippen LogP contribution in [0.3, 0.4) is 0 Å². The Morgan fingerprint density at radius 1 is 0.800 bits per heavy atom. The number of aliphatic carboxylic acids is 1. The van der Waals surface area contributed by atoms with E-state index in [-0.39, 0.29) is 23.7 Å². The highest BCUT2D eigenvalue weighted by atomic mass is 16.5. The Balaban J connectivity index is 0.000000274. The first-order chi connectivity index (χ1) is 26.3. The zero-order valence-electron chi connectivity index (χ0n) is 33.5. The van der Waals surface area contributed by atoms with E-state index < -0.39 is 11.6 Å². The molecule has 0 spiro atoms. The predicted molar refractivity (Wildman–Crippen MR) is 215 cm³/mol. The van der Waals surface area contributed by atoms with Crippen LogP contribution in [0.15, 0.2) is 77.7 Å². The van der Waals surface area contributed by atoms with E-state index in [9.17, 15) is 24.3 Å². The van der Waals surface area contributed by atoms with Crippen molar-refractivity contribution in [3.63, 3.8) is 0 Å². The van der Waals surface area contributed by atoms with E-state index in [1.54, 1.807) is 7.11 Å². The third kappa shape index (κ3) is 11.8. The second kappa shape index (κ2) is 19.8. The fourth-order valence-corrected chi connectivity index (χ4v) is 6.48. The summed E-state index contributed by atoms with van der Waals surface area (Å²) in [5, 5.41) is 12.0. The van der Waals surface area contributed by atoms with E-state index in [1.807, 2.05) is 70.8 Å². The smallest absolute Gasteiger partial charge is 0.347 e. The lowest BCUT2D eigenvalue weighted by Crippen LogP contribution is -2.37. The molecule has 55 heavy (non-hydrogen) atoms. The Kier molecular flexibility index (Phi) is 15.3. The Morgan fingerprint density at radius 2 is 1.40 bits per heavy atom. The molecule has 4 aromatic rings. The third-order valence-electron chi connectivity index (χ3n) is 9.89. The van der Waals surface area contributed by atoms with Crippen molar-refractivity contribution >= 4 is 17.9 Å². The molecule has 11 heteroatoms. The van der Waals surface area contributed by atoms with Gasteiger partial charge in [-0.05, 0) is 131 Å². The van der Waals surface area contributed by atoms with Crippen molar-refractivity contribution in [3.8, 4) is 11.5 Å². The second-order valence-corrected chi connectivity index (χ2v) is 14.7. The number of carbonyl (C=O) groups excluding carboxylic acids is 2. The summed E-state index contributed by atoms with van der Waals surface area (Å²) in [6, 6.07) is 21.2. The summed E-state index contributed by atoms with van der Waals surface area (Å²) in [6.07, 6.45) is 8.72. The molecule has 11 nitrogen and oxygen atoms in total. The van der Waals surface area contributed by atoms with Gasteiger partial charge in [0, 0.05) is 25.0 Å². The van der Waals surface area contributed by atoms with Crippen molar-refractivity contribution < 1.29 is 29.0 Å². The zero-order valence-corrected chi connectivity index (χ0v) is 33.5. The summed E-state index contributed by atoms with van der Waals surface area (Å²) < 4.78 is 14.4. The fraction of sp³-hybridized carbons (Fsp3) is 0.455. The van der Waals surface area contributed by atoms with Gasteiger partial charge in [-0.15, -0.1) is 0 Å². The van der Waals surface area contributed by atoms with E-state index in [0.29, 0.717) is 25.3 Å². The summed E-state index contributed by atoms with van der Waals surface area (Å²) in [5.74, 6) is 0.289. The van der Waals surface area contributed by atoms with Crippen LogP contribution in [0.4, 0.5) is 4.79 Å². The Labute approximate surface area is 325 Å². The number of carbonyl (C=O) groups is 3. The molecule has 0 bridgehead atoms. The molecule has 1 saturated heterocycles. The highest BCUT2D eigenvalue weighted by molar-refractivity contribution is 6.04. The van der Waals surface area contributed by atoms with Gasteiger partial charge in [-0.3, -0.25) is 18.8 Å². The minimum absolute atomic E-state index is 0.0534. The molecule has 2 N–H and O–H groups in total. The maximum atomic E-state index is 13.0. The number of imide groups is 1. The Bertz CT molecular complexity index is 1940. The van der Waals surface area contributed by atoms with Crippen LogP contribution < -0.4 is 20.5 Å². The van der Waals surface area contributed by atoms with Crippen LogP contribution in [0.2, 0.25) is 0 Å². The minimum atomic E-state index is -1.27. The van der Waals surface area contributed by atoms with Gasteiger partial charge >= 0.3 is 17.7 Å². The average Bonchev–Trinajstić information content (AvgIpc) is 3.59. The van der Waals surface area contributed by atoms with Crippen molar-refractivity contribution in [2.75, 3.05) is 13.7 Å². The van der Waals surface area contributed by atoms with E-state index in [4.69, 9.17) is 9.47 Å². The van der Waals surface area contributed by atoms with Crippen LogP contribution in [0, 0.1) is 13.8 Å². The highest BCUT2D eigenvalue weighted by Gasteiger charge is 2.36. The number of methoxy groups -OCH3 is 1. The first-order valence-electron chi connectivity index (χ1n) is 19.4. The molecular weight excluding hydrogens is 697 g/mol. The summed E-state index contributed by atoms with van der Waals surface area (Å²) in [6.45, 7) is 13.1. The van der Waals surface area contributed by atoms with E-state index in [1.165, 1.54) is 35.4 Å². The van der Waals surface area contributed by atoms with Crippen LogP contribution >= 0.6 is 0 Å². The lowest BCUT2D eigenvalue weighted by molar-refractivity contribution is -0.152. The number of imidazole rings is 1. The normalized spacial score (nSPS) is 14.0. The number of urea groups is 1. The Hall–Kier alpha value is -5.32. The number of carboxylic acids is 1. The van der Waals surface area contributed by atoms with E-state index in [2.05, 4.69) is 44.3 Å². The monoisotopic (exact) mass is 754 g/mol. The lowest BCUT2D eigenvalue weighted by Gasteiger charge is -2.21. The molecule has 1 unspecified atom stereocenters. The molecule has 1 aliphatic heterocycles. The van der Waals surface area contributed by atoms with Crippen molar-refractivity contribution in [2.45, 2.75) is 118 Å². The fourth-order valence-electron chi connectivity index (χ4n) is 6.48. The summed E-state index contributed by atoms with van der Waals surface area (Å²) in [5.41, 5.74) is 5.82. The minimum Gasteiger partial charge on any atom is -0.497 e. The predicted octanol–water partition coefficient (Wildman–Crippen LogP) is 7.49. The first-order valence-corrected chi connectivity index (χ1v) is 19.4. The molecular formula is C44H58N4O7. The van der Waals surface area contributed by atoms with Gasteiger partial charge in [0.2, 0.25) is 0 Å². The van der Waals surface area contributed by atoms with Crippen LogP contribution in [0.5, 0.6) is 11.5 Å². The molecule has 1 aliphatic rings. The largest absolute Gasteiger partial charge is 0.497 e.